The minimum absolute atomic E-state index is 0.147. The molecule has 0 aromatic rings. The Morgan fingerprint density at radius 2 is 0.882 bits per heavy atom. The Hall–Kier alpha value is -3.43. The predicted octanol–water partition coefficient (Wildman–Crippen LogP) is 11.8. The van der Waals surface area contributed by atoms with Crippen molar-refractivity contribution in [1.29, 1.82) is 0 Å². The summed E-state index contributed by atoms with van der Waals surface area (Å²) in [4.78, 5) is 25.5. The number of carbonyl (C=O) groups excluding carboxylic acids is 2. The lowest BCUT2D eigenvalue weighted by Gasteiger charge is -2.40. The quantitative estimate of drug-likeness (QED) is 0.0197. The van der Waals surface area contributed by atoms with Gasteiger partial charge in [0.2, 0.25) is 0 Å². The molecule has 0 radical (unpaired) electrons. The molecule has 13 heteroatoms. The number of unbranched alkanes of at least 4 members (excludes halogenated alkanes) is 14. The van der Waals surface area contributed by atoms with E-state index in [1.807, 2.05) is 0 Å². The number of carbonyl (C=O) groups is 2. The SMILES string of the molecule is CC/C=C\C/C=C\C/C=C\C/C=C\CCCCCCCCCCCCC(=O)OC(COC(=O)CCCCCC/C=C\C/C=C\C/C=C\C/C=C\CC)COC1OC(CS(=O)(=O)O)C(O)C(O)C1O. The molecule has 0 aromatic heterocycles. The van der Waals surface area contributed by atoms with Gasteiger partial charge < -0.3 is 34.3 Å². The molecule has 0 spiro atoms. The van der Waals surface area contributed by atoms with E-state index in [9.17, 15) is 37.9 Å². The number of esters is 2. The van der Waals surface area contributed by atoms with Crippen molar-refractivity contribution in [2.24, 2.45) is 0 Å². The Labute approximate surface area is 411 Å². The number of aliphatic hydroxyl groups is 3. The molecule has 0 bridgehead atoms. The van der Waals surface area contributed by atoms with Crippen LogP contribution in [-0.4, -0.2) is 96.0 Å². The molecule has 12 nitrogen and oxygen atoms in total. The minimum atomic E-state index is -4.62. The van der Waals surface area contributed by atoms with Gasteiger partial charge in [-0.1, -0.05) is 175 Å². The third-order valence-corrected chi connectivity index (χ3v) is 11.9. The lowest BCUT2D eigenvalue weighted by atomic mass is 10.00. The van der Waals surface area contributed by atoms with Gasteiger partial charge in [0.15, 0.2) is 12.4 Å². The zero-order valence-corrected chi connectivity index (χ0v) is 42.5. The van der Waals surface area contributed by atoms with Gasteiger partial charge in [-0.15, -0.1) is 0 Å². The van der Waals surface area contributed by atoms with E-state index in [0.717, 1.165) is 109 Å². The van der Waals surface area contributed by atoms with Gasteiger partial charge in [-0.25, -0.2) is 0 Å². The molecule has 1 aliphatic rings. The Morgan fingerprint density at radius 3 is 1.31 bits per heavy atom. The summed E-state index contributed by atoms with van der Waals surface area (Å²) in [6.45, 7) is 3.52. The van der Waals surface area contributed by atoms with Crippen LogP contribution in [0.25, 0.3) is 0 Å². The van der Waals surface area contributed by atoms with Crippen LogP contribution < -0.4 is 0 Å². The maximum absolute atomic E-state index is 12.9. The summed E-state index contributed by atoms with van der Waals surface area (Å²) in [6.07, 6.45) is 50.1. The number of hydrogen-bond acceptors (Lipinski definition) is 11. The van der Waals surface area contributed by atoms with Gasteiger partial charge in [0, 0.05) is 12.8 Å². The van der Waals surface area contributed by atoms with E-state index in [2.05, 4.69) is 111 Å². The zero-order chi connectivity index (χ0) is 49.8. The first kappa shape index (κ1) is 62.6. The van der Waals surface area contributed by atoms with Gasteiger partial charge >= 0.3 is 11.9 Å². The van der Waals surface area contributed by atoms with Crippen LogP contribution in [0.3, 0.4) is 0 Å². The average molecular weight is 975 g/mol. The van der Waals surface area contributed by atoms with Crippen LogP contribution in [0, 0.1) is 0 Å². The van der Waals surface area contributed by atoms with Gasteiger partial charge in [-0.05, 0) is 89.9 Å². The molecule has 6 unspecified atom stereocenters. The first-order valence-electron chi connectivity index (χ1n) is 25.8. The highest BCUT2D eigenvalue weighted by molar-refractivity contribution is 7.85. The molecular formula is C55H90O12S. The van der Waals surface area contributed by atoms with Crippen molar-refractivity contribution in [2.75, 3.05) is 19.0 Å². The van der Waals surface area contributed by atoms with Crippen LogP contribution >= 0.6 is 0 Å². The monoisotopic (exact) mass is 975 g/mol. The highest BCUT2D eigenvalue weighted by atomic mass is 32.2. The van der Waals surface area contributed by atoms with E-state index < -0.39 is 71.2 Å². The second-order valence-corrected chi connectivity index (χ2v) is 18.9. The summed E-state index contributed by atoms with van der Waals surface area (Å²) in [7, 11) is -4.62. The lowest BCUT2D eigenvalue weighted by molar-refractivity contribution is -0.297. The third-order valence-electron chi connectivity index (χ3n) is 11.2. The summed E-state index contributed by atoms with van der Waals surface area (Å²) in [5.41, 5.74) is 0. The van der Waals surface area contributed by atoms with Gasteiger partial charge in [-0.2, -0.15) is 8.42 Å². The normalized spacial score (nSPS) is 20.0. The number of aliphatic hydroxyl groups excluding tert-OH is 3. The van der Waals surface area contributed by atoms with E-state index in [1.54, 1.807) is 0 Å². The van der Waals surface area contributed by atoms with Crippen LogP contribution in [0.4, 0.5) is 0 Å². The summed E-state index contributed by atoms with van der Waals surface area (Å²) in [5, 5.41) is 31.0. The largest absolute Gasteiger partial charge is 0.462 e. The minimum Gasteiger partial charge on any atom is -0.462 e. The first-order chi connectivity index (χ1) is 33.0. The smallest absolute Gasteiger partial charge is 0.306 e. The van der Waals surface area contributed by atoms with Crippen LogP contribution in [0.15, 0.2) is 97.2 Å². The topological polar surface area (TPSA) is 186 Å². The molecule has 1 rings (SSSR count). The fourth-order valence-electron chi connectivity index (χ4n) is 7.25. The van der Waals surface area contributed by atoms with E-state index in [-0.39, 0.29) is 19.4 Å². The summed E-state index contributed by atoms with van der Waals surface area (Å²) >= 11 is 0. The highest BCUT2D eigenvalue weighted by Crippen LogP contribution is 2.24. The Kier molecular flexibility index (Phi) is 40.1. The Morgan fingerprint density at radius 1 is 0.500 bits per heavy atom. The molecule has 0 aliphatic carbocycles. The van der Waals surface area contributed by atoms with Gasteiger partial charge in [-0.3, -0.25) is 14.1 Å². The van der Waals surface area contributed by atoms with Crippen molar-refractivity contribution >= 4 is 22.1 Å². The first-order valence-corrected chi connectivity index (χ1v) is 27.4. The van der Waals surface area contributed by atoms with Crippen molar-refractivity contribution in [2.45, 2.75) is 218 Å². The fourth-order valence-corrected chi connectivity index (χ4v) is 7.94. The standard InChI is InChI=1S/C55H90O12S/c1-3-5-7-9-11-13-15-17-19-21-22-23-24-25-26-28-30-32-34-36-38-40-42-44-51(57)66-48(46-65-55-54(60)53(59)52(58)49(67-55)47-68(61,62)63)45-64-50(56)43-41-39-37-35-33-31-29-27-20-18-16-14-12-10-8-6-4-2/h5-8,11-14,17-20,22-23,29,31,48-49,52-55,58-60H,3-4,9-10,15-16,21,24-28,30,32-47H2,1-2H3,(H,61,62,63)/b7-5-,8-6-,13-11-,14-12-,19-17-,20-18-,23-22-,31-29-. The molecule has 1 fully saturated rings. The number of rotatable bonds is 42. The number of ether oxygens (including phenoxy) is 4. The van der Waals surface area contributed by atoms with E-state index in [4.69, 9.17) is 18.9 Å². The fraction of sp³-hybridized carbons (Fsp3) is 0.673. The van der Waals surface area contributed by atoms with Crippen LogP contribution in [0.1, 0.15) is 181 Å². The molecule has 0 amide bonds. The highest BCUT2D eigenvalue weighted by Gasteiger charge is 2.46. The van der Waals surface area contributed by atoms with Crippen molar-refractivity contribution in [1.82, 2.24) is 0 Å². The molecule has 1 heterocycles. The Bertz CT molecular complexity index is 1610. The average Bonchev–Trinajstić information content (AvgIpc) is 3.31. The molecule has 1 saturated heterocycles. The molecule has 6 atom stereocenters. The van der Waals surface area contributed by atoms with Crippen molar-refractivity contribution in [3.63, 3.8) is 0 Å². The van der Waals surface area contributed by atoms with Crippen LogP contribution in [-0.2, 0) is 38.7 Å². The van der Waals surface area contributed by atoms with E-state index in [0.29, 0.717) is 12.8 Å². The maximum atomic E-state index is 12.9. The number of hydrogen-bond donors (Lipinski definition) is 4. The molecule has 0 aromatic carbocycles. The summed E-state index contributed by atoms with van der Waals surface area (Å²) in [6, 6.07) is 0. The molecule has 4 N–H and O–H groups in total. The number of allylic oxidation sites excluding steroid dienone is 16. The maximum Gasteiger partial charge on any atom is 0.306 e. The van der Waals surface area contributed by atoms with E-state index >= 15 is 0 Å². The Balaban J connectivity index is 2.39. The molecule has 1 aliphatic heterocycles. The van der Waals surface area contributed by atoms with Gasteiger partial charge in [0.05, 0.1) is 6.61 Å². The lowest BCUT2D eigenvalue weighted by Crippen LogP contribution is -2.60. The molecule has 68 heavy (non-hydrogen) atoms. The predicted molar refractivity (Wildman–Crippen MR) is 274 cm³/mol. The van der Waals surface area contributed by atoms with Gasteiger partial charge in [0.25, 0.3) is 10.1 Å². The van der Waals surface area contributed by atoms with Crippen molar-refractivity contribution in [3.8, 4) is 0 Å². The molecular weight excluding hydrogens is 885 g/mol. The van der Waals surface area contributed by atoms with Crippen molar-refractivity contribution < 1.29 is 56.8 Å². The van der Waals surface area contributed by atoms with Crippen molar-refractivity contribution in [3.05, 3.63) is 97.2 Å². The third kappa shape index (κ3) is 37.5. The second kappa shape index (κ2) is 43.6. The second-order valence-electron chi connectivity index (χ2n) is 17.4. The summed E-state index contributed by atoms with van der Waals surface area (Å²) in [5.74, 6) is -2.03. The zero-order valence-electron chi connectivity index (χ0n) is 41.7. The van der Waals surface area contributed by atoms with Crippen LogP contribution in [0.5, 0.6) is 0 Å². The van der Waals surface area contributed by atoms with Crippen LogP contribution in [0.2, 0.25) is 0 Å². The molecule has 0 saturated carbocycles. The summed E-state index contributed by atoms with van der Waals surface area (Å²) < 4.78 is 54.2. The van der Waals surface area contributed by atoms with E-state index in [1.165, 1.54) is 32.1 Å². The molecule has 388 valence electrons. The van der Waals surface area contributed by atoms with Gasteiger partial charge in [0.1, 0.15) is 36.8 Å².